The van der Waals surface area contributed by atoms with E-state index < -0.39 is 0 Å². The lowest BCUT2D eigenvalue weighted by atomic mass is 10.0. The molecule has 0 radical (unpaired) electrons. The Morgan fingerprint density at radius 3 is 2.96 bits per heavy atom. The summed E-state index contributed by atoms with van der Waals surface area (Å²) >= 11 is 5.93. The normalized spacial score (nSPS) is 16.6. The van der Waals surface area contributed by atoms with Crippen molar-refractivity contribution in [3.63, 3.8) is 0 Å². The van der Waals surface area contributed by atoms with E-state index in [1.807, 2.05) is 18.3 Å². The van der Waals surface area contributed by atoms with Crippen LogP contribution in [0.15, 0.2) is 29.4 Å². The van der Waals surface area contributed by atoms with Gasteiger partial charge >= 0.3 is 0 Å². The number of hydrogen-bond donors (Lipinski definition) is 1. The average Bonchev–Trinajstić information content (AvgIpc) is 2.52. The van der Waals surface area contributed by atoms with Crippen LogP contribution in [-0.4, -0.2) is 53.5 Å². The minimum Gasteiger partial charge on any atom is -0.312 e. The molecule has 0 amide bonds. The van der Waals surface area contributed by atoms with E-state index in [9.17, 15) is 0 Å². The summed E-state index contributed by atoms with van der Waals surface area (Å²) in [5, 5.41) is 8.08. The van der Waals surface area contributed by atoms with E-state index >= 15 is 0 Å². The monoisotopic (exact) mass is 329 g/mol. The molecule has 0 aromatic carbocycles. The number of fused-ring (bicyclic) bond motifs is 1. The Balaban J connectivity index is 1.63. The molecule has 5 nitrogen and oxygen atoms in total. The number of halogens is 1. The SMILES string of the molecule is N=CC(C=NCCCN1CCC1)c1cnc2ccc(Cl)nc2c1. The van der Waals surface area contributed by atoms with Crippen LogP contribution in [0, 0.1) is 5.41 Å². The first-order valence-electron chi connectivity index (χ1n) is 7.91. The largest absolute Gasteiger partial charge is 0.312 e. The number of rotatable bonds is 7. The number of likely N-dealkylation sites (tertiary alicyclic amines) is 1. The molecule has 120 valence electrons. The van der Waals surface area contributed by atoms with E-state index in [1.54, 1.807) is 12.3 Å². The number of nitrogens with one attached hydrogen (secondary N) is 1. The van der Waals surface area contributed by atoms with E-state index in [-0.39, 0.29) is 5.92 Å². The zero-order valence-electron chi connectivity index (χ0n) is 13.0. The van der Waals surface area contributed by atoms with Gasteiger partial charge in [-0.2, -0.15) is 0 Å². The van der Waals surface area contributed by atoms with Gasteiger partial charge in [0.1, 0.15) is 5.15 Å². The highest BCUT2D eigenvalue weighted by Crippen LogP contribution is 2.18. The molecule has 3 rings (SSSR count). The predicted molar refractivity (Wildman–Crippen MR) is 95.1 cm³/mol. The van der Waals surface area contributed by atoms with Crippen molar-refractivity contribution in [2.24, 2.45) is 4.99 Å². The highest BCUT2D eigenvalue weighted by molar-refractivity contribution is 6.29. The van der Waals surface area contributed by atoms with E-state index in [2.05, 4.69) is 19.9 Å². The maximum absolute atomic E-state index is 7.64. The van der Waals surface area contributed by atoms with E-state index in [4.69, 9.17) is 17.0 Å². The van der Waals surface area contributed by atoms with Crippen molar-refractivity contribution in [3.05, 3.63) is 35.1 Å². The van der Waals surface area contributed by atoms with Crippen molar-refractivity contribution < 1.29 is 0 Å². The Hall–Kier alpha value is -1.85. The van der Waals surface area contributed by atoms with Crippen LogP contribution in [0.1, 0.15) is 24.3 Å². The van der Waals surface area contributed by atoms with Gasteiger partial charge in [-0.25, -0.2) is 4.98 Å². The zero-order valence-corrected chi connectivity index (χ0v) is 13.7. The molecule has 1 saturated heterocycles. The number of pyridine rings is 2. The van der Waals surface area contributed by atoms with Gasteiger partial charge in [0, 0.05) is 25.2 Å². The highest BCUT2D eigenvalue weighted by atomic mass is 35.5. The lowest BCUT2D eigenvalue weighted by Crippen LogP contribution is -2.37. The molecular formula is C17H20ClN5. The predicted octanol–water partition coefficient (Wildman–Crippen LogP) is 3.18. The van der Waals surface area contributed by atoms with Gasteiger partial charge in [-0.1, -0.05) is 11.6 Å². The molecule has 1 unspecified atom stereocenters. The fraction of sp³-hybridized carbons (Fsp3) is 0.412. The van der Waals surface area contributed by atoms with E-state index in [1.165, 1.54) is 25.7 Å². The summed E-state index contributed by atoms with van der Waals surface area (Å²) < 4.78 is 0. The molecule has 1 N–H and O–H groups in total. The molecule has 1 aliphatic rings. The second-order valence-electron chi connectivity index (χ2n) is 5.74. The van der Waals surface area contributed by atoms with E-state index in [0.717, 1.165) is 36.1 Å². The highest BCUT2D eigenvalue weighted by Gasteiger charge is 2.12. The van der Waals surface area contributed by atoms with Crippen molar-refractivity contribution in [2.75, 3.05) is 26.2 Å². The van der Waals surface area contributed by atoms with Crippen LogP contribution in [0.3, 0.4) is 0 Å². The molecule has 0 bridgehead atoms. The molecule has 3 heterocycles. The standard InChI is InChI=1S/C17H20ClN5/c18-17-4-3-15-16(22-17)9-13(12-21-15)14(10-19)11-20-5-1-6-23-7-2-8-23/h3-4,9-12,14,19H,1-2,5-8H2. The minimum atomic E-state index is -0.170. The van der Waals surface area contributed by atoms with Crippen LogP contribution >= 0.6 is 11.6 Å². The Morgan fingerprint density at radius 1 is 1.35 bits per heavy atom. The van der Waals surface area contributed by atoms with Gasteiger partial charge in [0.2, 0.25) is 0 Å². The summed E-state index contributed by atoms with van der Waals surface area (Å²) in [4.78, 5) is 15.6. The lowest BCUT2D eigenvalue weighted by Gasteiger charge is -2.30. The van der Waals surface area contributed by atoms with Crippen LogP contribution in [0.25, 0.3) is 11.0 Å². The maximum Gasteiger partial charge on any atom is 0.129 e. The quantitative estimate of drug-likeness (QED) is 0.482. The fourth-order valence-corrected chi connectivity index (χ4v) is 2.74. The Labute approximate surface area is 140 Å². The van der Waals surface area contributed by atoms with Crippen molar-refractivity contribution in [1.29, 1.82) is 5.41 Å². The summed E-state index contributed by atoms with van der Waals surface area (Å²) in [7, 11) is 0. The molecular weight excluding hydrogens is 310 g/mol. The lowest BCUT2D eigenvalue weighted by molar-refractivity contribution is 0.181. The van der Waals surface area contributed by atoms with Gasteiger partial charge in [0.05, 0.1) is 17.0 Å². The van der Waals surface area contributed by atoms with Crippen molar-refractivity contribution >= 4 is 35.1 Å². The summed E-state index contributed by atoms with van der Waals surface area (Å²) in [6.07, 6.45) is 7.38. The first-order chi connectivity index (χ1) is 11.3. The number of aliphatic imine (C=N–C) groups is 1. The fourth-order valence-electron chi connectivity index (χ4n) is 2.58. The summed E-state index contributed by atoms with van der Waals surface area (Å²) in [6, 6.07) is 5.50. The third-order valence-electron chi connectivity index (χ3n) is 4.07. The third kappa shape index (κ3) is 4.12. The molecule has 2 aromatic heterocycles. The van der Waals surface area contributed by atoms with Gasteiger partial charge < -0.3 is 10.3 Å². The smallest absolute Gasteiger partial charge is 0.129 e. The topological polar surface area (TPSA) is 65.2 Å². The molecule has 1 aliphatic heterocycles. The molecule has 1 atom stereocenters. The van der Waals surface area contributed by atoms with Crippen molar-refractivity contribution in [2.45, 2.75) is 18.8 Å². The zero-order chi connectivity index (χ0) is 16.1. The first-order valence-corrected chi connectivity index (χ1v) is 8.29. The number of hydrogen-bond acceptors (Lipinski definition) is 5. The second-order valence-corrected chi connectivity index (χ2v) is 6.12. The molecule has 6 heteroatoms. The van der Waals surface area contributed by atoms with Crippen LogP contribution in [-0.2, 0) is 0 Å². The Bertz CT molecular complexity index is 711. The molecule has 0 spiro atoms. The molecule has 23 heavy (non-hydrogen) atoms. The van der Waals surface area contributed by atoms with Gasteiger partial charge in [-0.3, -0.25) is 9.98 Å². The second kappa shape index (κ2) is 7.62. The maximum atomic E-state index is 7.64. The molecule has 0 saturated carbocycles. The van der Waals surface area contributed by atoms with Gasteiger partial charge in [-0.15, -0.1) is 0 Å². The van der Waals surface area contributed by atoms with Crippen LogP contribution in [0.5, 0.6) is 0 Å². The van der Waals surface area contributed by atoms with Crippen molar-refractivity contribution in [1.82, 2.24) is 14.9 Å². The van der Waals surface area contributed by atoms with Gasteiger partial charge in [0.15, 0.2) is 0 Å². The van der Waals surface area contributed by atoms with Gasteiger partial charge in [0.25, 0.3) is 0 Å². The number of nitrogens with zero attached hydrogens (tertiary/aromatic N) is 4. The Morgan fingerprint density at radius 2 is 2.22 bits per heavy atom. The van der Waals surface area contributed by atoms with Gasteiger partial charge in [-0.05, 0) is 56.2 Å². The molecule has 1 fully saturated rings. The molecule has 0 aliphatic carbocycles. The number of aromatic nitrogens is 2. The first kappa shape index (κ1) is 16.0. The van der Waals surface area contributed by atoms with E-state index in [0.29, 0.717) is 5.15 Å². The Kier molecular flexibility index (Phi) is 5.31. The van der Waals surface area contributed by atoms with Crippen LogP contribution in [0.2, 0.25) is 5.15 Å². The molecule has 2 aromatic rings. The van der Waals surface area contributed by atoms with Crippen LogP contribution in [0.4, 0.5) is 0 Å². The van der Waals surface area contributed by atoms with Crippen molar-refractivity contribution in [3.8, 4) is 0 Å². The van der Waals surface area contributed by atoms with Crippen LogP contribution < -0.4 is 0 Å². The summed E-state index contributed by atoms with van der Waals surface area (Å²) in [5.74, 6) is -0.170. The average molecular weight is 330 g/mol. The summed E-state index contributed by atoms with van der Waals surface area (Å²) in [5.41, 5.74) is 2.45. The summed E-state index contributed by atoms with van der Waals surface area (Å²) in [6.45, 7) is 4.37. The minimum absolute atomic E-state index is 0.170. The third-order valence-corrected chi connectivity index (χ3v) is 4.28.